The quantitative estimate of drug-likeness (QED) is 0.719. The van der Waals surface area contributed by atoms with Crippen molar-refractivity contribution in [2.45, 2.75) is 18.9 Å². The lowest BCUT2D eigenvalue weighted by Gasteiger charge is -2.41. The molecule has 19 heavy (non-hydrogen) atoms. The zero-order valence-electron chi connectivity index (χ0n) is 10.5. The first-order valence-electron chi connectivity index (χ1n) is 6.66. The number of nitrogens with zero attached hydrogens (tertiary/aromatic N) is 2. The van der Waals surface area contributed by atoms with Crippen molar-refractivity contribution in [2.24, 2.45) is 0 Å². The monoisotopic (exact) mass is 250 g/mol. The Bertz CT molecular complexity index is 665. The van der Waals surface area contributed by atoms with Gasteiger partial charge >= 0.3 is 0 Å². The summed E-state index contributed by atoms with van der Waals surface area (Å²) in [5.41, 5.74) is 4.58. The molecular weight excluding hydrogens is 236 g/mol. The number of benzene rings is 1. The minimum absolute atomic E-state index is 0.156. The second kappa shape index (κ2) is 3.92. The molecule has 1 atom stereocenters. The average Bonchev–Trinajstić information content (AvgIpc) is 2.47. The SMILES string of the molecule is O=C1c2ccncc2C[C@H]2c3ccccc3CCN12. The van der Waals surface area contributed by atoms with E-state index in [0.717, 1.165) is 30.5 Å². The maximum absolute atomic E-state index is 12.6. The van der Waals surface area contributed by atoms with Crippen molar-refractivity contribution in [1.29, 1.82) is 0 Å². The molecule has 94 valence electrons. The molecule has 0 N–H and O–H groups in total. The van der Waals surface area contributed by atoms with Gasteiger partial charge in [-0.15, -0.1) is 0 Å². The van der Waals surface area contributed by atoms with Crippen LogP contribution < -0.4 is 0 Å². The highest BCUT2D eigenvalue weighted by molar-refractivity contribution is 5.97. The Hall–Kier alpha value is -2.16. The van der Waals surface area contributed by atoms with E-state index in [1.54, 1.807) is 6.20 Å². The van der Waals surface area contributed by atoms with Gasteiger partial charge in [-0.3, -0.25) is 9.78 Å². The fourth-order valence-electron chi connectivity index (χ4n) is 3.28. The van der Waals surface area contributed by atoms with Gasteiger partial charge in [0.15, 0.2) is 0 Å². The van der Waals surface area contributed by atoms with E-state index in [2.05, 4.69) is 29.2 Å². The van der Waals surface area contributed by atoms with E-state index in [1.807, 2.05) is 17.2 Å². The topological polar surface area (TPSA) is 33.2 Å². The van der Waals surface area contributed by atoms with E-state index in [-0.39, 0.29) is 11.9 Å². The van der Waals surface area contributed by atoms with Gasteiger partial charge in [0.1, 0.15) is 0 Å². The summed E-state index contributed by atoms with van der Waals surface area (Å²) in [5.74, 6) is 0.156. The van der Waals surface area contributed by atoms with E-state index in [1.165, 1.54) is 11.1 Å². The van der Waals surface area contributed by atoms with Gasteiger partial charge in [0.25, 0.3) is 5.91 Å². The number of carbonyl (C=O) groups is 1. The minimum Gasteiger partial charge on any atom is -0.331 e. The van der Waals surface area contributed by atoms with E-state index in [4.69, 9.17) is 0 Å². The normalized spacial score (nSPS) is 20.5. The summed E-state index contributed by atoms with van der Waals surface area (Å²) < 4.78 is 0. The molecule has 0 unspecified atom stereocenters. The van der Waals surface area contributed by atoms with Crippen molar-refractivity contribution < 1.29 is 4.79 Å². The molecule has 0 aliphatic carbocycles. The lowest BCUT2D eigenvalue weighted by Crippen LogP contribution is -2.44. The summed E-state index contributed by atoms with van der Waals surface area (Å²) in [5, 5.41) is 0. The number of fused-ring (bicyclic) bond motifs is 4. The van der Waals surface area contributed by atoms with Gasteiger partial charge in [-0.2, -0.15) is 0 Å². The molecule has 2 aromatic rings. The maximum Gasteiger partial charge on any atom is 0.254 e. The molecule has 0 bridgehead atoms. The van der Waals surface area contributed by atoms with Crippen molar-refractivity contribution in [3.8, 4) is 0 Å². The largest absolute Gasteiger partial charge is 0.331 e. The van der Waals surface area contributed by atoms with Crippen LogP contribution in [-0.4, -0.2) is 22.3 Å². The Morgan fingerprint density at radius 2 is 2.05 bits per heavy atom. The molecule has 2 aliphatic heterocycles. The highest BCUT2D eigenvalue weighted by Crippen LogP contribution is 2.37. The minimum atomic E-state index is 0.156. The molecule has 0 saturated heterocycles. The molecule has 3 nitrogen and oxygen atoms in total. The fraction of sp³-hybridized carbons (Fsp3) is 0.250. The number of hydrogen-bond donors (Lipinski definition) is 0. The summed E-state index contributed by atoms with van der Waals surface area (Å²) in [6.45, 7) is 0.822. The number of hydrogen-bond acceptors (Lipinski definition) is 2. The predicted octanol–water partition coefficient (Wildman–Crippen LogP) is 2.38. The Morgan fingerprint density at radius 1 is 1.16 bits per heavy atom. The third-order valence-electron chi connectivity index (χ3n) is 4.22. The standard InChI is InChI=1S/C16H14N2O/c19-16-14-5-7-17-10-12(14)9-15-13-4-2-1-3-11(13)6-8-18(15)16/h1-5,7,10,15H,6,8-9H2/t15-/m0/s1. The van der Waals surface area contributed by atoms with Gasteiger partial charge < -0.3 is 4.90 Å². The fourth-order valence-corrected chi connectivity index (χ4v) is 3.28. The predicted molar refractivity (Wildman–Crippen MR) is 71.9 cm³/mol. The Morgan fingerprint density at radius 3 is 3.00 bits per heavy atom. The van der Waals surface area contributed by atoms with Crippen molar-refractivity contribution in [3.05, 3.63) is 65.0 Å². The third kappa shape index (κ3) is 1.51. The highest BCUT2D eigenvalue weighted by Gasteiger charge is 2.36. The van der Waals surface area contributed by atoms with Crippen molar-refractivity contribution in [3.63, 3.8) is 0 Å². The molecule has 1 amide bonds. The van der Waals surface area contributed by atoms with E-state index >= 15 is 0 Å². The summed E-state index contributed by atoms with van der Waals surface area (Å²) in [7, 11) is 0. The molecule has 1 aromatic heterocycles. The lowest BCUT2D eigenvalue weighted by molar-refractivity contribution is 0.0631. The van der Waals surface area contributed by atoms with Crippen molar-refractivity contribution in [1.82, 2.24) is 9.88 Å². The van der Waals surface area contributed by atoms with Crippen LogP contribution in [-0.2, 0) is 12.8 Å². The van der Waals surface area contributed by atoms with E-state index in [0.29, 0.717) is 0 Å². The van der Waals surface area contributed by atoms with Gasteiger partial charge in [0.05, 0.1) is 6.04 Å². The summed E-state index contributed by atoms with van der Waals surface area (Å²) in [6, 6.07) is 10.5. The summed E-state index contributed by atoms with van der Waals surface area (Å²) >= 11 is 0. The van der Waals surface area contributed by atoms with Crippen LogP contribution in [0.15, 0.2) is 42.7 Å². The van der Waals surface area contributed by atoms with Crippen LogP contribution >= 0.6 is 0 Å². The Balaban J connectivity index is 1.85. The van der Waals surface area contributed by atoms with Gasteiger partial charge in [-0.25, -0.2) is 0 Å². The molecule has 4 rings (SSSR count). The molecule has 1 aromatic carbocycles. The van der Waals surface area contributed by atoms with Crippen molar-refractivity contribution in [2.75, 3.05) is 6.54 Å². The van der Waals surface area contributed by atoms with Gasteiger partial charge in [0.2, 0.25) is 0 Å². The van der Waals surface area contributed by atoms with E-state index < -0.39 is 0 Å². The smallest absolute Gasteiger partial charge is 0.254 e. The van der Waals surface area contributed by atoms with Crippen LogP contribution in [0.4, 0.5) is 0 Å². The second-order valence-electron chi connectivity index (χ2n) is 5.20. The first kappa shape index (κ1) is 10.7. The first-order valence-corrected chi connectivity index (χ1v) is 6.66. The van der Waals surface area contributed by atoms with Crippen LogP contribution in [0.5, 0.6) is 0 Å². The number of pyridine rings is 1. The van der Waals surface area contributed by atoms with Gasteiger partial charge in [-0.1, -0.05) is 24.3 Å². The summed E-state index contributed by atoms with van der Waals surface area (Å²) in [4.78, 5) is 18.7. The van der Waals surface area contributed by atoms with Crippen LogP contribution in [0.3, 0.4) is 0 Å². The van der Waals surface area contributed by atoms with Crippen LogP contribution in [0.1, 0.15) is 33.1 Å². The number of rotatable bonds is 0. The molecule has 2 aliphatic rings. The molecule has 3 heteroatoms. The average molecular weight is 250 g/mol. The van der Waals surface area contributed by atoms with Crippen LogP contribution in [0, 0.1) is 0 Å². The maximum atomic E-state index is 12.6. The molecule has 0 fully saturated rings. The first-order chi connectivity index (χ1) is 9.34. The zero-order chi connectivity index (χ0) is 12.8. The van der Waals surface area contributed by atoms with Gasteiger partial charge in [-0.05, 0) is 35.6 Å². The lowest BCUT2D eigenvalue weighted by atomic mass is 9.84. The number of carbonyl (C=O) groups excluding carboxylic acids is 1. The van der Waals surface area contributed by atoms with Crippen LogP contribution in [0.2, 0.25) is 0 Å². The molecule has 3 heterocycles. The van der Waals surface area contributed by atoms with Gasteiger partial charge in [0, 0.05) is 24.5 Å². The van der Waals surface area contributed by atoms with Crippen LogP contribution in [0.25, 0.3) is 0 Å². The second-order valence-corrected chi connectivity index (χ2v) is 5.20. The number of aromatic nitrogens is 1. The van der Waals surface area contributed by atoms with Crippen molar-refractivity contribution >= 4 is 5.91 Å². The summed E-state index contributed by atoms with van der Waals surface area (Å²) in [6.07, 6.45) is 5.38. The van der Waals surface area contributed by atoms with E-state index in [9.17, 15) is 4.79 Å². The number of amides is 1. The molecule has 0 saturated carbocycles. The Kier molecular flexibility index (Phi) is 2.21. The molecule has 0 radical (unpaired) electrons. The third-order valence-corrected chi connectivity index (χ3v) is 4.22. The highest BCUT2D eigenvalue weighted by atomic mass is 16.2. The Labute approximate surface area is 111 Å². The molecular formula is C16H14N2O. The zero-order valence-corrected chi connectivity index (χ0v) is 10.5. The molecule has 0 spiro atoms.